The maximum atomic E-state index is 12.4. The van der Waals surface area contributed by atoms with Gasteiger partial charge in [-0.1, -0.05) is 23.2 Å². The van der Waals surface area contributed by atoms with Crippen LogP contribution in [0.15, 0.2) is 81.8 Å². The lowest BCUT2D eigenvalue weighted by atomic mass is 10.2. The molecular weight excluding hydrogens is 537 g/mol. The van der Waals surface area contributed by atoms with Crippen LogP contribution < -0.4 is 20.7 Å². The lowest BCUT2D eigenvalue weighted by Crippen LogP contribution is -2.33. The maximum absolute atomic E-state index is 12.4. The Morgan fingerprint density at radius 2 is 1.78 bits per heavy atom. The standard InChI is InChI=1S/C26H19Cl2N3O5S/c1-34-22-7-4-18(29-25(33)23-3-2-10-35-23)14-20(22)30-26(37)31-24(32)9-6-19-5-8-21(36-19)15-11-16(27)13-17(28)12-15/h2-14H,1H3,(H,29,33)(H2,30,31,32,37)/b9-6+. The van der Waals surface area contributed by atoms with Gasteiger partial charge >= 0.3 is 0 Å². The fourth-order valence-electron chi connectivity index (χ4n) is 3.24. The molecule has 4 aromatic rings. The molecule has 2 aromatic heterocycles. The number of halogens is 2. The van der Waals surface area contributed by atoms with Gasteiger partial charge in [-0.05, 0) is 79.0 Å². The molecule has 3 N–H and O–H groups in total. The van der Waals surface area contributed by atoms with Gasteiger partial charge in [0, 0.05) is 27.4 Å². The van der Waals surface area contributed by atoms with Gasteiger partial charge in [0.05, 0.1) is 19.1 Å². The molecule has 0 spiro atoms. The molecule has 11 heteroatoms. The van der Waals surface area contributed by atoms with Crippen LogP contribution in [0.4, 0.5) is 11.4 Å². The molecule has 0 atom stereocenters. The molecule has 37 heavy (non-hydrogen) atoms. The third kappa shape index (κ3) is 7.01. The minimum Gasteiger partial charge on any atom is -0.495 e. The van der Waals surface area contributed by atoms with E-state index in [9.17, 15) is 9.59 Å². The Labute approximate surface area is 227 Å². The molecule has 4 rings (SSSR count). The zero-order valence-electron chi connectivity index (χ0n) is 19.2. The molecule has 0 fully saturated rings. The number of amides is 2. The highest BCUT2D eigenvalue weighted by Gasteiger charge is 2.12. The molecule has 2 heterocycles. The Kier molecular flexibility index (Phi) is 8.29. The van der Waals surface area contributed by atoms with E-state index in [1.54, 1.807) is 60.7 Å². The van der Waals surface area contributed by atoms with Crippen molar-refractivity contribution < 1.29 is 23.2 Å². The van der Waals surface area contributed by atoms with Crippen molar-refractivity contribution in [1.29, 1.82) is 0 Å². The fraction of sp³-hybridized carbons (Fsp3) is 0.0385. The minimum atomic E-state index is -0.484. The zero-order valence-corrected chi connectivity index (χ0v) is 21.5. The molecule has 0 saturated carbocycles. The second kappa shape index (κ2) is 11.8. The number of carbonyl (C=O) groups excluding carboxylic acids is 2. The highest BCUT2D eigenvalue weighted by molar-refractivity contribution is 7.80. The molecule has 188 valence electrons. The number of carbonyl (C=O) groups is 2. The second-order valence-electron chi connectivity index (χ2n) is 7.48. The first-order chi connectivity index (χ1) is 17.8. The van der Waals surface area contributed by atoms with Crippen LogP contribution in [0, 0.1) is 0 Å². The fourth-order valence-corrected chi connectivity index (χ4v) is 3.98. The van der Waals surface area contributed by atoms with Gasteiger partial charge in [0.15, 0.2) is 10.9 Å². The highest BCUT2D eigenvalue weighted by Crippen LogP contribution is 2.29. The van der Waals surface area contributed by atoms with Gasteiger partial charge in [-0.2, -0.15) is 0 Å². The van der Waals surface area contributed by atoms with E-state index in [1.165, 1.54) is 25.5 Å². The van der Waals surface area contributed by atoms with Crippen LogP contribution in [0.5, 0.6) is 5.75 Å². The van der Waals surface area contributed by atoms with E-state index in [-0.39, 0.29) is 10.9 Å². The van der Waals surface area contributed by atoms with E-state index in [2.05, 4.69) is 16.0 Å². The lowest BCUT2D eigenvalue weighted by Gasteiger charge is -2.14. The van der Waals surface area contributed by atoms with E-state index in [0.29, 0.717) is 44.3 Å². The van der Waals surface area contributed by atoms with Crippen LogP contribution in [0.2, 0.25) is 10.0 Å². The van der Waals surface area contributed by atoms with Crippen molar-refractivity contribution in [2.75, 3.05) is 17.7 Å². The van der Waals surface area contributed by atoms with Crippen LogP contribution in [0.1, 0.15) is 16.3 Å². The lowest BCUT2D eigenvalue weighted by molar-refractivity contribution is -0.115. The molecule has 0 radical (unpaired) electrons. The number of ether oxygens (including phenoxy) is 1. The number of rotatable bonds is 7. The van der Waals surface area contributed by atoms with Crippen molar-refractivity contribution in [3.8, 4) is 17.1 Å². The minimum absolute atomic E-state index is 0.0242. The van der Waals surface area contributed by atoms with Crippen molar-refractivity contribution in [1.82, 2.24) is 5.32 Å². The maximum Gasteiger partial charge on any atom is 0.291 e. The first-order valence-electron chi connectivity index (χ1n) is 10.7. The topological polar surface area (TPSA) is 106 Å². The Morgan fingerprint density at radius 3 is 2.49 bits per heavy atom. The number of thiocarbonyl (C=S) groups is 1. The molecule has 0 aliphatic heterocycles. The SMILES string of the molecule is COc1ccc(NC(=O)c2ccco2)cc1NC(=S)NC(=O)/C=C/c1ccc(-c2cc(Cl)cc(Cl)c2)o1. The van der Waals surface area contributed by atoms with Crippen LogP contribution >= 0.6 is 35.4 Å². The number of benzene rings is 2. The second-order valence-corrected chi connectivity index (χ2v) is 8.76. The summed E-state index contributed by atoms with van der Waals surface area (Å²) in [5.74, 6) is 0.714. The molecule has 0 aliphatic carbocycles. The summed E-state index contributed by atoms with van der Waals surface area (Å²) in [6.07, 6.45) is 4.18. The summed E-state index contributed by atoms with van der Waals surface area (Å²) in [7, 11) is 1.49. The van der Waals surface area contributed by atoms with Crippen molar-refractivity contribution in [3.05, 3.63) is 94.6 Å². The van der Waals surface area contributed by atoms with Crippen LogP contribution in [-0.2, 0) is 4.79 Å². The van der Waals surface area contributed by atoms with E-state index in [0.717, 1.165) is 0 Å². The summed E-state index contributed by atoms with van der Waals surface area (Å²) in [5.41, 5.74) is 1.61. The van der Waals surface area contributed by atoms with Gasteiger partial charge < -0.3 is 24.2 Å². The summed E-state index contributed by atoms with van der Waals surface area (Å²) in [6.45, 7) is 0. The molecule has 2 aromatic carbocycles. The van der Waals surface area contributed by atoms with Gasteiger partial charge in [0.2, 0.25) is 5.91 Å². The Bertz CT molecular complexity index is 1460. The van der Waals surface area contributed by atoms with Crippen molar-refractivity contribution in [2.45, 2.75) is 0 Å². The molecule has 2 amide bonds. The number of nitrogens with one attached hydrogen (secondary N) is 3. The van der Waals surface area contributed by atoms with Gasteiger partial charge in [0.25, 0.3) is 5.91 Å². The smallest absolute Gasteiger partial charge is 0.291 e. The monoisotopic (exact) mass is 555 g/mol. The van der Waals surface area contributed by atoms with E-state index in [4.69, 9.17) is 49.0 Å². The first kappa shape index (κ1) is 26.0. The molecule has 0 saturated heterocycles. The van der Waals surface area contributed by atoms with Crippen molar-refractivity contribution >= 4 is 69.8 Å². The summed E-state index contributed by atoms with van der Waals surface area (Å²) in [4.78, 5) is 24.6. The number of hydrogen-bond donors (Lipinski definition) is 3. The first-order valence-corrected chi connectivity index (χ1v) is 11.9. The molecule has 8 nitrogen and oxygen atoms in total. The van der Waals surface area contributed by atoms with E-state index >= 15 is 0 Å². The molecule has 0 bridgehead atoms. The number of anilines is 2. The average Bonchev–Trinajstić information content (AvgIpc) is 3.55. The van der Waals surface area contributed by atoms with Crippen molar-refractivity contribution in [3.63, 3.8) is 0 Å². The number of methoxy groups -OCH3 is 1. The predicted octanol–water partition coefficient (Wildman–Crippen LogP) is 6.63. The average molecular weight is 556 g/mol. The third-order valence-corrected chi connectivity index (χ3v) is 5.50. The van der Waals surface area contributed by atoms with Gasteiger partial charge in [-0.25, -0.2) is 0 Å². The van der Waals surface area contributed by atoms with Gasteiger partial charge in [0.1, 0.15) is 17.3 Å². The third-order valence-electron chi connectivity index (χ3n) is 4.86. The van der Waals surface area contributed by atoms with Gasteiger partial charge in [-0.15, -0.1) is 0 Å². The summed E-state index contributed by atoms with van der Waals surface area (Å²) in [5, 5.41) is 9.15. The van der Waals surface area contributed by atoms with Crippen molar-refractivity contribution in [2.24, 2.45) is 0 Å². The number of hydrogen-bond acceptors (Lipinski definition) is 6. The van der Waals surface area contributed by atoms with Crippen LogP contribution in [0.3, 0.4) is 0 Å². The van der Waals surface area contributed by atoms with E-state index in [1.807, 2.05) is 0 Å². The number of furan rings is 2. The largest absolute Gasteiger partial charge is 0.495 e. The van der Waals surface area contributed by atoms with Crippen LogP contribution in [-0.4, -0.2) is 24.0 Å². The Morgan fingerprint density at radius 1 is 1.00 bits per heavy atom. The molecule has 0 aliphatic rings. The normalized spacial score (nSPS) is 10.8. The summed E-state index contributed by atoms with van der Waals surface area (Å²) in [6, 6.07) is 16.6. The van der Waals surface area contributed by atoms with E-state index < -0.39 is 11.8 Å². The predicted molar refractivity (Wildman–Crippen MR) is 147 cm³/mol. The van der Waals surface area contributed by atoms with Gasteiger partial charge in [-0.3, -0.25) is 14.9 Å². The summed E-state index contributed by atoms with van der Waals surface area (Å²) >= 11 is 17.3. The Balaban J connectivity index is 1.37. The quantitative estimate of drug-likeness (QED) is 0.173. The summed E-state index contributed by atoms with van der Waals surface area (Å²) < 4.78 is 16.2. The molecule has 0 unspecified atom stereocenters. The Hall–Kier alpha value is -4.05. The van der Waals surface area contributed by atoms with Crippen LogP contribution in [0.25, 0.3) is 17.4 Å². The molecular formula is C26H19Cl2N3O5S. The zero-order chi connectivity index (χ0) is 26.4. The highest BCUT2D eigenvalue weighted by atomic mass is 35.5.